The van der Waals surface area contributed by atoms with Crippen molar-refractivity contribution in [1.29, 1.82) is 0 Å². The van der Waals surface area contributed by atoms with Crippen LogP contribution in [0.5, 0.6) is 0 Å². The highest BCUT2D eigenvalue weighted by Crippen LogP contribution is 2.31. The van der Waals surface area contributed by atoms with Gasteiger partial charge >= 0.3 is 0 Å². The summed E-state index contributed by atoms with van der Waals surface area (Å²) in [5.74, 6) is 0.0684. The molecule has 0 aromatic carbocycles. The Balaban J connectivity index is 2.15. The number of carbonyl (C=O) groups excluding carboxylic acids is 1. The highest BCUT2D eigenvalue weighted by Gasteiger charge is 2.31. The van der Waals surface area contributed by atoms with E-state index in [1.54, 1.807) is 6.20 Å². The fourth-order valence-electron chi connectivity index (χ4n) is 2.34. The molecule has 0 radical (unpaired) electrons. The molecule has 92 valence electrons. The summed E-state index contributed by atoms with van der Waals surface area (Å²) in [6.07, 6.45) is 6.33. The van der Waals surface area contributed by atoms with Crippen molar-refractivity contribution >= 4 is 5.91 Å². The zero-order chi connectivity index (χ0) is 12.3. The number of pyridine rings is 1. The number of amides is 1. The molecule has 2 rings (SSSR count). The number of nitrogens with zero attached hydrogens (tertiary/aromatic N) is 2. The summed E-state index contributed by atoms with van der Waals surface area (Å²) in [6.45, 7) is 2.75. The molecule has 1 aliphatic heterocycles. The molecule has 4 nitrogen and oxygen atoms in total. The summed E-state index contributed by atoms with van der Waals surface area (Å²) in [5, 5.41) is 0. The van der Waals surface area contributed by atoms with Crippen molar-refractivity contribution in [3.8, 4) is 0 Å². The van der Waals surface area contributed by atoms with Gasteiger partial charge in [-0.2, -0.15) is 0 Å². The molecule has 1 aliphatic rings. The summed E-state index contributed by atoms with van der Waals surface area (Å²) >= 11 is 0. The minimum Gasteiger partial charge on any atom is -0.334 e. The first-order valence-corrected chi connectivity index (χ1v) is 6.20. The van der Waals surface area contributed by atoms with Crippen LogP contribution in [0.2, 0.25) is 0 Å². The molecule has 1 aromatic rings. The van der Waals surface area contributed by atoms with Gasteiger partial charge in [0.05, 0.1) is 12.1 Å². The van der Waals surface area contributed by atoms with Gasteiger partial charge in [-0.3, -0.25) is 9.78 Å². The van der Waals surface area contributed by atoms with Crippen molar-refractivity contribution in [2.24, 2.45) is 5.73 Å². The zero-order valence-electron chi connectivity index (χ0n) is 10.2. The van der Waals surface area contributed by atoms with Crippen molar-refractivity contribution in [2.75, 3.05) is 6.54 Å². The second kappa shape index (κ2) is 5.27. The molecule has 0 bridgehead atoms. The lowest BCUT2D eigenvalue weighted by molar-refractivity contribution is -0.133. The number of carbonyl (C=O) groups is 1. The van der Waals surface area contributed by atoms with Gasteiger partial charge in [0.15, 0.2) is 0 Å². The van der Waals surface area contributed by atoms with Crippen LogP contribution in [0.1, 0.15) is 37.8 Å². The number of likely N-dealkylation sites (tertiary alicyclic amines) is 1. The largest absolute Gasteiger partial charge is 0.334 e. The molecule has 1 amide bonds. The third-order valence-electron chi connectivity index (χ3n) is 3.36. The third kappa shape index (κ3) is 2.47. The Labute approximate surface area is 102 Å². The first-order chi connectivity index (χ1) is 8.24. The Morgan fingerprint density at radius 2 is 2.53 bits per heavy atom. The van der Waals surface area contributed by atoms with E-state index in [0.717, 1.165) is 24.9 Å². The van der Waals surface area contributed by atoms with Gasteiger partial charge in [0, 0.05) is 18.9 Å². The highest BCUT2D eigenvalue weighted by atomic mass is 16.2. The van der Waals surface area contributed by atoms with Crippen LogP contribution in [0.25, 0.3) is 0 Å². The molecule has 1 aromatic heterocycles. The Morgan fingerprint density at radius 1 is 1.71 bits per heavy atom. The summed E-state index contributed by atoms with van der Waals surface area (Å²) in [6, 6.07) is 3.73. The highest BCUT2D eigenvalue weighted by molar-refractivity contribution is 5.82. The van der Waals surface area contributed by atoms with Gasteiger partial charge in [0.25, 0.3) is 0 Å². The molecule has 0 spiro atoms. The Hall–Kier alpha value is -1.42. The van der Waals surface area contributed by atoms with Crippen molar-refractivity contribution < 1.29 is 4.79 Å². The van der Waals surface area contributed by atoms with Crippen LogP contribution in [0.3, 0.4) is 0 Å². The topological polar surface area (TPSA) is 59.2 Å². The molecule has 17 heavy (non-hydrogen) atoms. The molecular weight excluding hydrogens is 214 g/mol. The smallest absolute Gasteiger partial charge is 0.239 e. The Bertz CT molecular complexity index is 380. The predicted octanol–water partition coefficient (Wildman–Crippen LogP) is 1.48. The lowest BCUT2D eigenvalue weighted by Crippen LogP contribution is -2.43. The van der Waals surface area contributed by atoms with Gasteiger partial charge in [0.2, 0.25) is 5.91 Å². The average Bonchev–Trinajstić information content (AvgIpc) is 2.87. The number of aromatic nitrogens is 1. The average molecular weight is 233 g/mol. The van der Waals surface area contributed by atoms with E-state index in [1.807, 2.05) is 30.2 Å². The maximum Gasteiger partial charge on any atom is 0.239 e. The molecule has 4 heteroatoms. The van der Waals surface area contributed by atoms with E-state index in [2.05, 4.69) is 4.98 Å². The fourth-order valence-corrected chi connectivity index (χ4v) is 2.34. The van der Waals surface area contributed by atoms with Crippen molar-refractivity contribution in [1.82, 2.24) is 9.88 Å². The number of hydrogen-bond donors (Lipinski definition) is 1. The first-order valence-electron chi connectivity index (χ1n) is 6.20. The van der Waals surface area contributed by atoms with Gasteiger partial charge in [-0.05, 0) is 30.9 Å². The molecule has 2 heterocycles. The number of hydrogen-bond acceptors (Lipinski definition) is 3. The Kier molecular flexibility index (Phi) is 3.74. The molecule has 2 atom stereocenters. The quantitative estimate of drug-likeness (QED) is 0.860. The van der Waals surface area contributed by atoms with E-state index in [0.29, 0.717) is 6.42 Å². The minimum atomic E-state index is -0.368. The van der Waals surface area contributed by atoms with Crippen LogP contribution in [0.15, 0.2) is 24.5 Å². The predicted molar refractivity (Wildman–Crippen MR) is 66.2 cm³/mol. The summed E-state index contributed by atoms with van der Waals surface area (Å²) in [5.41, 5.74) is 6.94. The molecule has 1 fully saturated rings. The molecule has 2 N–H and O–H groups in total. The number of nitrogens with two attached hydrogens (primary N) is 1. The molecule has 1 unspecified atom stereocenters. The van der Waals surface area contributed by atoms with Gasteiger partial charge < -0.3 is 10.6 Å². The molecule has 0 aliphatic carbocycles. The van der Waals surface area contributed by atoms with Gasteiger partial charge in [-0.1, -0.05) is 13.0 Å². The van der Waals surface area contributed by atoms with Crippen LogP contribution in [-0.4, -0.2) is 28.4 Å². The Morgan fingerprint density at radius 3 is 3.18 bits per heavy atom. The summed E-state index contributed by atoms with van der Waals surface area (Å²) in [7, 11) is 0. The maximum absolute atomic E-state index is 12.1. The van der Waals surface area contributed by atoms with Crippen LogP contribution in [-0.2, 0) is 4.79 Å². The van der Waals surface area contributed by atoms with E-state index in [1.165, 1.54) is 0 Å². The van der Waals surface area contributed by atoms with Crippen molar-refractivity contribution in [2.45, 2.75) is 38.3 Å². The van der Waals surface area contributed by atoms with E-state index in [-0.39, 0.29) is 18.0 Å². The fraction of sp³-hybridized carbons (Fsp3) is 0.538. The van der Waals surface area contributed by atoms with Crippen LogP contribution < -0.4 is 5.73 Å². The molecular formula is C13H19N3O. The summed E-state index contributed by atoms with van der Waals surface area (Å²) < 4.78 is 0. The molecule has 1 saturated heterocycles. The van der Waals surface area contributed by atoms with Gasteiger partial charge in [0.1, 0.15) is 0 Å². The zero-order valence-corrected chi connectivity index (χ0v) is 10.2. The molecule has 0 saturated carbocycles. The lowest BCUT2D eigenvalue weighted by Gasteiger charge is -2.27. The van der Waals surface area contributed by atoms with Crippen LogP contribution in [0, 0.1) is 0 Å². The van der Waals surface area contributed by atoms with Crippen LogP contribution in [0.4, 0.5) is 0 Å². The second-order valence-corrected chi connectivity index (χ2v) is 4.49. The third-order valence-corrected chi connectivity index (χ3v) is 3.36. The van der Waals surface area contributed by atoms with E-state index < -0.39 is 0 Å². The van der Waals surface area contributed by atoms with Gasteiger partial charge in [-0.25, -0.2) is 0 Å². The first kappa shape index (κ1) is 12.0. The maximum atomic E-state index is 12.1. The van der Waals surface area contributed by atoms with Crippen LogP contribution >= 0.6 is 0 Å². The monoisotopic (exact) mass is 233 g/mol. The van der Waals surface area contributed by atoms with E-state index in [4.69, 9.17) is 5.73 Å². The second-order valence-electron chi connectivity index (χ2n) is 4.49. The summed E-state index contributed by atoms with van der Waals surface area (Å²) in [4.78, 5) is 18.2. The van der Waals surface area contributed by atoms with Crippen molar-refractivity contribution in [3.05, 3.63) is 30.1 Å². The minimum absolute atomic E-state index is 0.0684. The normalized spacial score (nSPS) is 21.5. The van der Waals surface area contributed by atoms with E-state index in [9.17, 15) is 4.79 Å². The van der Waals surface area contributed by atoms with Gasteiger partial charge in [-0.15, -0.1) is 0 Å². The van der Waals surface area contributed by atoms with E-state index >= 15 is 0 Å². The number of rotatable bonds is 3. The standard InChI is InChI=1S/C13H19N3O/c1-2-11(14)13(17)16-8-4-6-12(16)10-5-3-7-15-9-10/h3,5,7,9,11-12H,2,4,6,8,14H2,1H3/t11-,12?/m0/s1. The lowest BCUT2D eigenvalue weighted by atomic mass is 10.1. The van der Waals surface area contributed by atoms with Crippen molar-refractivity contribution in [3.63, 3.8) is 0 Å². The SMILES string of the molecule is CC[C@H](N)C(=O)N1CCCC1c1cccnc1.